The summed E-state index contributed by atoms with van der Waals surface area (Å²) < 4.78 is 0. The monoisotopic (exact) mass is 378 g/mol. The highest BCUT2D eigenvalue weighted by Gasteiger charge is 2.37. The molecule has 27 heavy (non-hydrogen) atoms. The second kappa shape index (κ2) is 10.4. The molecule has 6 heteroatoms. The molecule has 1 atom stereocenters. The van der Waals surface area contributed by atoms with Crippen molar-refractivity contribution < 1.29 is 9.59 Å². The molecule has 2 amide bonds. The molecule has 3 aliphatic rings. The van der Waals surface area contributed by atoms with Crippen LogP contribution in [0.15, 0.2) is 0 Å². The fraction of sp³-hybridized carbons (Fsp3) is 0.905. The van der Waals surface area contributed by atoms with Crippen molar-refractivity contribution in [2.45, 2.75) is 64.3 Å². The molecule has 3 fully saturated rings. The van der Waals surface area contributed by atoms with Gasteiger partial charge in [0, 0.05) is 45.7 Å². The molecule has 0 bridgehead atoms. The van der Waals surface area contributed by atoms with Gasteiger partial charge < -0.3 is 15.1 Å². The Kier molecular flexibility index (Phi) is 7.94. The molecule has 1 unspecified atom stereocenters. The molecule has 1 saturated carbocycles. The molecule has 2 aliphatic heterocycles. The normalized spacial score (nSPS) is 24.1. The van der Waals surface area contributed by atoms with E-state index in [2.05, 4.69) is 15.1 Å². The first kappa shape index (κ1) is 20.6. The largest absolute Gasteiger partial charge is 0.353 e. The van der Waals surface area contributed by atoms with Crippen LogP contribution in [0.4, 0.5) is 0 Å². The van der Waals surface area contributed by atoms with Crippen LogP contribution in [0.25, 0.3) is 0 Å². The molecule has 2 heterocycles. The molecule has 154 valence electrons. The zero-order valence-corrected chi connectivity index (χ0v) is 17.1. The third kappa shape index (κ3) is 5.67. The number of nitrogens with one attached hydrogen (secondary N) is 1. The van der Waals surface area contributed by atoms with Gasteiger partial charge in [0.15, 0.2) is 0 Å². The van der Waals surface area contributed by atoms with Crippen molar-refractivity contribution in [2.24, 2.45) is 5.92 Å². The van der Waals surface area contributed by atoms with E-state index in [9.17, 15) is 9.59 Å². The van der Waals surface area contributed by atoms with Gasteiger partial charge in [0.25, 0.3) is 0 Å². The Bertz CT molecular complexity index is 479. The van der Waals surface area contributed by atoms with Crippen LogP contribution in [-0.4, -0.2) is 84.9 Å². The molecule has 1 N–H and O–H groups in total. The molecule has 3 rings (SSSR count). The smallest absolute Gasteiger partial charge is 0.237 e. The van der Waals surface area contributed by atoms with E-state index in [0.717, 1.165) is 52.1 Å². The van der Waals surface area contributed by atoms with Gasteiger partial charge in [-0.1, -0.05) is 26.2 Å². The van der Waals surface area contributed by atoms with Crippen LogP contribution in [0.3, 0.4) is 0 Å². The minimum absolute atomic E-state index is 0.00673. The standard InChI is InChI=1S/C21H38N4O2/c1-2-19(26)24-14-16-25(17-15-24)20(18-8-4-5-9-18)21(27)22-10-13-23-11-6-3-7-12-23/h18,20H,2-17H2,1H3,(H,22,27). The van der Waals surface area contributed by atoms with Crippen LogP contribution in [0.2, 0.25) is 0 Å². The third-order valence-corrected chi connectivity index (χ3v) is 6.65. The van der Waals surface area contributed by atoms with Crippen LogP contribution < -0.4 is 5.32 Å². The SMILES string of the molecule is CCC(=O)N1CCN(C(C(=O)NCCN2CCCCC2)C2CCCC2)CC1. The lowest BCUT2D eigenvalue weighted by Gasteiger charge is -2.40. The summed E-state index contributed by atoms with van der Waals surface area (Å²) in [7, 11) is 0. The lowest BCUT2D eigenvalue weighted by molar-refractivity contribution is -0.135. The van der Waals surface area contributed by atoms with Crippen molar-refractivity contribution in [1.29, 1.82) is 0 Å². The van der Waals surface area contributed by atoms with E-state index in [1.807, 2.05) is 11.8 Å². The van der Waals surface area contributed by atoms with Crippen molar-refractivity contribution >= 4 is 11.8 Å². The number of nitrogens with zero attached hydrogens (tertiary/aromatic N) is 3. The Morgan fingerprint density at radius 1 is 0.926 bits per heavy atom. The number of likely N-dealkylation sites (tertiary alicyclic amines) is 1. The summed E-state index contributed by atoms with van der Waals surface area (Å²) in [6.07, 6.45) is 9.32. The Labute approximate surface area is 164 Å². The van der Waals surface area contributed by atoms with E-state index in [1.54, 1.807) is 0 Å². The number of carbonyl (C=O) groups excluding carboxylic acids is 2. The van der Waals surface area contributed by atoms with Crippen molar-refractivity contribution in [3.05, 3.63) is 0 Å². The topological polar surface area (TPSA) is 55.9 Å². The van der Waals surface area contributed by atoms with Crippen LogP contribution in [0.1, 0.15) is 58.3 Å². The molecular weight excluding hydrogens is 340 g/mol. The van der Waals surface area contributed by atoms with E-state index in [0.29, 0.717) is 12.3 Å². The Balaban J connectivity index is 1.51. The quantitative estimate of drug-likeness (QED) is 0.733. The molecule has 1 aliphatic carbocycles. The highest BCUT2D eigenvalue weighted by atomic mass is 16.2. The molecule has 0 spiro atoms. The van der Waals surface area contributed by atoms with E-state index in [4.69, 9.17) is 0 Å². The predicted molar refractivity (Wildman–Crippen MR) is 107 cm³/mol. The molecular formula is C21H38N4O2. The van der Waals surface area contributed by atoms with Crippen LogP contribution in [0.5, 0.6) is 0 Å². The highest BCUT2D eigenvalue weighted by molar-refractivity contribution is 5.82. The van der Waals surface area contributed by atoms with Gasteiger partial charge in [-0.15, -0.1) is 0 Å². The first-order valence-electron chi connectivity index (χ1n) is 11.2. The van der Waals surface area contributed by atoms with Gasteiger partial charge in [0.05, 0.1) is 6.04 Å². The predicted octanol–water partition coefficient (Wildman–Crippen LogP) is 1.70. The molecule has 6 nitrogen and oxygen atoms in total. The van der Waals surface area contributed by atoms with Gasteiger partial charge in [0.2, 0.25) is 11.8 Å². The van der Waals surface area contributed by atoms with Gasteiger partial charge in [-0.2, -0.15) is 0 Å². The minimum Gasteiger partial charge on any atom is -0.353 e. The van der Waals surface area contributed by atoms with E-state index in [1.165, 1.54) is 45.2 Å². The lowest BCUT2D eigenvalue weighted by Crippen LogP contribution is -2.58. The minimum atomic E-state index is -0.00673. The average molecular weight is 379 g/mol. The summed E-state index contributed by atoms with van der Waals surface area (Å²) in [4.78, 5) is 31.8. The first-order valence-corrected chi connectivity index (χ1v) is 11.2. The number of hydrogen-bond acceptors (Lipinski definition) is 4. The van der Waals surface area contributed by atoms with Crippen molar-refractivity contribution in [3.63, 3.8) is 0 Å². The second-order valence-electron chi connectivity index (χ2n) is 8.45. The number of amides is 2. The van der Waals surface area contributed by atoms with Gasteiger partial charge in [-0.25, -0.2) is 0 Å². The lowest BCUT2D eigenvalue weighted by atomic mass is 9.95. The van der Waals surface area contributed by atoms with E-state index >= 15 is 0 Å². The number of carbonyl (C=O) groups is 2. The summed E-state index contributed by atoms with van der Waals surface area (Å²) in [5, 5.41) is 3.25. The van der Waals surface area contributed by atoms with Crippen LogP contribution in [-0.2, 0) is 9.59 Å². The van der Waals surface area contributed by atoms with E-state index < -0.39 is 0 Å². The van der Waals surface area contributed by atoms with Crippen molar-refractivity contribution in [3.8, 4) is 0 Å². The maximum absolute atomic E-state index is 13.1. The van der Waals surface area contributed by atoms with Gasteiger partial charge in [-0.3, -0.25) is 14.5 Å². The van der Waals surface area contributed by atoms with Gasteiger partial charge in [-0.05, 0) is 44.7 Å². The molecule has 0 aromatic heterocycles. The molecule has 0 aromatic rings. The van der Waals surface area contributed by atoms with Crippen LogP contribution >= 0.6 is 0 Å². The van der Waals surface area contributed by atoms with Crippen molar-refractivity contribution in [2.75, 3.05) is 52.4 Å². The maximum atomic E-state index is 13.1. The molecule has 0 radical (unpaired) electrons. The fourth-order valence-corrected chi connectivity index (χ4v) is 5.05. The summed E-state index contributed by atoms with van der Waals surface area (Å²) in [6.45, 7) is 9.18. The van der Waals surface area contributed by atoms with Crippen LogP contribution in [0, 0.1) is 5.92 Å². The molecule has 0 aromatic carbocycles. The summed E-state index contributed by atoms with van der Waals surface area (Å²) in [5.74, 6) is 0.931. The van der Waals surface area contributed by atoms with Crippen molar-refractivity contribution in [1.82, 2.24) is 20.0 Å². The van der Waals surface area contributed by atoms with Gasteiger partial charge >= 0.3 is 0 Å². The second-order valence-corrected chi connectivity index (χ2v) is 8.45. The number of piperidine rings is 1. The average Bonchev–Trinajstić information content (AvgIpc) is 3.23. The zero-order chi connectivity index (χ0) is 19.1. The summed E-state index contributed by atoms with van der Waals surface area (Å²) >= 11 is 0. The number of piperazine rings is 1. The molecule has 2 saturated heterocycles. The fourth-order valence-electron chi connectivity index (χ4n) is 5.05. The third-order valence-electron chi connectivity index (χ3n) is 6.65. The Morgan fingerprint density at radius 2 is 1.59 bits per heavy atom. The Hall–Kier alpha value is -1.14. The Morgan fingerprint density at radius 3 is 2.22 bits per heavy atom. The first-order chi connectivity index (χ1) is 13.2. The maximum Gasteiger partial charge on any atom is 0.237 e. The zero-order valence-electron chi connectivity index (χ0n) is 17.1. The highest BCUT2D eigenvalue weighted by Crippen LogP contribution is 2.31. The number of hydrogen-bond donors (Lipinski definition) is 1. The summed E-state index contributed by atoms with van der Waals surface area (Å²) in [6, 6.07) is -0.00673. The summed E-state index contributed by atoms with van der Waals surface area (Å²) in [5.41, 5.74) is 0. The van der Waals surface area contributed by atoms with E-state index in [-0.39, 0.29) is 17.9 Å². The number of rotatable bonds is 7. The van der Waals surface area contributed by atoms with Gasteiger partial charge in [0.1, 0.15) is 0 Å².